The molecule has 0 bridgehead atoms. The van der Waals surface area contributed by atoms with Gasteiger partial charge in [-0.2, -0.15) is 5.10 Å². The van der Waals surface area contributed by atoms with E-state index in [1.807, 2.05) is 24.3 Å². The molecule has 1 aromatic heterocycles. The van der Waals surface area contributed by atoms with Gasteiger partial charge in [0.05, 0.1) is 0 Å². The molecule has 0 saturated heterocycles. The van der Waals surface area contributed by atoms with Gasteiger partial charge in [0.1, 0.15) is 12.7 Å². The number of nitrogens with zero attached hydrogens (tertiary/aromatic N) is 3. The predicted octanol–water partition coefficient (Wildman–Crippen LogP) is 1.10. The fraction of sp³-hybridized carbons (Fsp3) is 0.200. The number of nitrogen functional groups attached to an aromatic ring is 1. The summed E-state index contributed by atoms with van der Waals surface area (Å²) in [5.41, 5.74) is 7.81. The van der Waals surface area contributed by atoms with E-state index < -0.39 is 0 Å². The zero-order valence-electron chi connectivity index (χ0n) is 7.80. The highest BCUT2D eigenvalue weighted by Crippen LogP contribution is 2.11. The van der Waals surface area contributed by atoms with Gasteiger partial charge in [0.2, 0.25) is 0 Å². The molecule has 1 aromatic carbocycles. The van der Waals surface area contributed by atoms with E-state index >= 15 is 0 Å². The summed E-state index contributed by atoms with van der Waals surface area (Å²) in [5, 5.41) is 4.03. The maximum absolute atomic E-state index is 5.81. The molecule has 72 valence electrons. The third-order valence-corrected chi connectivity index (χ3v) is 2.13. The van der Waals surface area contributed by atoms with Gasteiger partial charge in [-0.1, -0.05) is 18.2 Å². The Kier molecular flexibility index (Phi) is 2.44. The largest absolute Gasteiger partial charge is 0.399 e. The third-order valence-electron chi connectivity index (χ3n) is 2.13. The summed E-state index contributed by atoms with van der Waals surface area (Å²) in [6.07, 6.45) is 4.13. The number of hydrogen-bond acceptors (Lipinski definition) is 3. The second kappa shape index (κ2) is 3.91. The second-order valence-electron chi connectivity index (χ2n) is 3.11. The SMILES string of the molecule is Nc1ccccc1CCn1cncn1. The van der Waals surface area contributed by atoms with Crippen LogP contribution in [0.25, 0.3) is 0 Å². The number of rotatable bonds is 3. The summed E-state index contributed by atoms with van der Waals surface area (Å²) in [5.74, 6) is 0. The minimum atomic E-state index is 0.814. The third kappa shape index (κ3) is 1.90. The van der Waals surface area contributed by atoms with Crippen molar-refractivity contribution in [2.45, 2.75) is 13.0 Å². The Labute approximate surface area is 82.4 Å². The van der Waals surface area contributed by atoms with Crippen molar-refractivity contribution in [3.8, 4) is 0 Å². The number of anilines is 1. The van der Waals surface area contributed by atoms with Crippen LogP contribution in [0.1, 0.15) is 5.56 Å². The molecule has 2 N–H and O–H groups in total. The number of aromatic nitrogens is 3. The lowest BCUT2D eigenvalue weighted by molar-refractivity contribution is 0.614. The lowest BCUT2D eigenvalue weighted by atomic mass is 10.1. The molecule has 0 unspecified atom stereocenters. The van der Waals surface area contributed by atoms with E-state index in [0.717, 1.165) is 24.2 Å². The minimum Gasteiger partial charge on any atom is -0.399 e. The molecule has 0 fully saturated rings. The molecule has 2 aromatic rings. The highest BCUT2D eigenvalue weighted by Gasteiger charge is 1.98. The Morgan fingerprint density at radius 1 is 1.29 bits per heavy atom. The Morgan fingerprint density at radius 3 is 2.86 bits per heavy atom. The first kappa shape index (κ1) is 8.74. The van der Waals surface area contributed by atoms with Crippen LogP contribution in [0.5, 0.6) is 0 Å². The standard InChI is InChI=1S/C10H12N4/c11-10-4-2-1-3-9(10)5-6-14-8-12-7-13-14/h1-4,7-8H,5-6,11H2. The van der Waals surface area contributed by atoms with Crippen molar-refractivity contribution in [2.75, 3.05) is 5.73 Å². The summed E-state index contributed by atoms with van der Waals surface area (Å²) in [6.45, 7) is 0.814. The van der Waals surface area contributed by atoms with Crippen molar-refractivity contribution < 1.29 is 0 Å². The van der Waals surface area contributed by atoms with Crippen molar-refractivity contribution in [2.24, 2.45) is 0 Å². The molecule has 0 aliphatic carbocycles. The molecule has 2 rings (SSSR count). The van der Waals surface area contributed by atoms with Gasteiger partial charge in [-0.15, -0.1) is 0 Å². The zero-order valence-corrected chi connectivity index (χ0v) is 7.80. The monoisotopic (exact) mass is 188 g/mol. The highest BCUT2D eigenvalue weighted by atomic mass is 15.3. The van der Waals surface area contributed by atoms with E-state index in [1.165, 1.54) is 6.33 Å². The first-order valence-electron chi connectivity index (χ1n) is 4.52. The summed E-state index contributed by atoms with van der Waals surface area (Å²) < 4.78 is 1.80. The fourth-order valence-electron chi connectivity index (χ4n) is 1.35. The molecule has 1 heterocycles. The van der Waals surface area contributed by atoms with Gasteiger partial charge in [0, 0.05) is 12.2 Å². The molecule has 0 aliphatic heterocycles. The van der Waals surface area contributed by atoms with Gasteiger partial charge >= 0.3 is 0 Å². The van der Waals surface area contributed by atoms with Crippen molar-refractivity contribution in [1.82, 2.24) is 14.8 Å². The van der Waals surface area contributed by atoms with Gasteiger partial charge in [-0.3, -0.25) is 4.68 Å². The van der Waals surface area contributed by atoms with Crippen LogP contribution in [-0.4, -0.2) is 14.8 Å². The topological polar surface area (TPSA) is 56.7 Å². The van der Waals surface area contributed by atoms with Crippen LogP contribution < -0.4 is 5.73 Å². The Morgan fingerprint density at radius 2 is 2.14 bits per heavy atom. The Balaban J connectivity index is 2.02. The van der Waals surface area contributed by atoms with E-state index in [0.29, 0.717) is 0 Å². The van der Waals surface area contributed by atoms with Crippen LogP contribution in [0.3, 0.4) is 0 Å². The molecule has 0 aliphatic rings. The van der Waals surface area contributed by atoms with Crippen molar-refractivity contribution >= 4 is 5.69 Å². The Hall–Kier alpha value is -1.84. The molecular weight excluding hydrogens is 176 g/mol. The average Bonchev–Trinajstić information content (AvgIpc) is 2.69. The molecular formula is C10H12N4. The van der Waals surface area contributed by atoms with Crippen LogP contribution in [-0.2, 0) is 13.0 Å². The average molecular weight is 188 g/mol. The van der Waals surface area contributed by atoms with E-state index in [9.17, 15) is 0 Å². The van der Waals surface area contributed by atoms with Crippen molar-refractivity contribution in [1.29, 1.82) is 0 Å². The number of nitrogens with two attached hydrogens (primary N) is 1. The molecule has 0 spiro atoms. The maximum atomic E-state index is 5.81. The maximum Gasteiger partial charge on any atom is 0.137 e. The van der Waals surface area contributed by atoms with E-state index in [1.54, 1.807) is 11.0 Å². The summed E-state index contributed by atoms with van der Waals surface area (Å²) >= 11 is 0. The normalized spacial score (nSPS) is 10.3. The first-order chi connectivity index (χ1) is 6.86. The van der Waals surface area contributed by atoms with Crippen molar-refractivity contribution in [3.63, 3.8) is 0 Å². The number of hydrogen-bond donors (Lipinski definition) is 1. The van der Waals surface area contributed by atoms with Gasteiger partial charge in [-0.25, -0.2) is 4.98 Å². The van der Waals surface area contributed by atoms with Crippen LogP contribution in [0.2, 0.25) is 0 Å². The first-order valence-corrected chi connectivity index (χ1v) is 4.52. The molecule has 0 saturated carbocycles. The molecule has 14 heavy (non-hydrogen) atoms. The smallest absolute Gasteiger partial charge is 0.137 e. The van der Waals surface area contributed by atoms with Crippen molar-refractivity contribution in [3.05, 3.63) is 42.5 Å². The number of aryl methyl sites for hydroxylation is 2. The van der Waals surface area contributed by atoms with Gasteiger partial charge in [0.15, 0.2) is 0 Å². The van der Waals surface area contributed by atoms with E-state index in [-0.39, 0.29) is 0 Å². The molecule has 4 nitrogen and oxygen atoms in total. The van der Waals surface area contributed by atoms with Gasteiger partial charge in [0.25, 0.3) is 0 Å². The summed E-state index contributed by atoms with van der Waals surface area (Å²) in [7, 11) is 0. The molecule has 0 radical (unpaired) electrons. The predicted molar refractivity (Wildman–Crippen MR) is 54.6 cm³/mol. The van der Waals surface area contributed by atoms with Crippen LogP contribution in [0, 0.1) is 0 Å². The number of para-hydroxylation sites is 1. The Bertz CT molecular complexity index is 394. The lowest BCUT2D eigenvalue weighted by Crippen LogP contribution is -2.03. The fourth-order valence-corrected chi connectivity index (χ4v) is 1.35. The van der Waals surface area contributed by atoms with E-state index in [4.69, 9.17) is 5.73 Å². The lowest BCUT2D eigenvalue weighted by Gasteiger charge is -2.04. The van der Waals surface area contributed by atoms with E-state index in [2.05, 4.69) is 10.1 Å². The van der Waals surface area contributed by atoms with Crippen LogP contribution >= 0.6 is 0 Å². The molecule has 4 heteroatoms. The summed E-state index contributed by atoms with van der Waals surface area (Å²) in [4.78, 5) is 3.88. The summed E-state index contributed by atoms with van der Waals surface area (Å²) in [6, 6.07) is 7.88. The van der Waals surface area contributed by atoms with Crippen LogP contribution in [0.4, 0.5) is 5.69 Å². The second-order valence-corrected chi connectivity index (χ2v) is 3.11. The number of benzene rings is 1. The quantitative estimate of drug-likeness (QED) is 0.734. The molecule has 0 amide bonds. The zero-order chi connectivity index (χ0) is 9.80. The highest BCUT2D eigenvalue weighted by molar-refractivity contribution is 5.46. The van der Waals surface area contributed by atoms with Gasteiger partial charge < -0.3 is 5.73 Å². The molecule has 0 atom stereocenters. The van der Waals surface area contributed by atoms with Crippen LogP contribution in [0.15, 0.2) is 36.9 Å². The minimum absolute atomic E-state index is 0.814. The van der Waals surface area contributed by atoms with Gasteiger partial charge in [-0.05, 0) is 18.1 Å².